The highest BCUT2D eigenvalue weighted by molar-refractivity contribution is 6.28. The Labute approximate surface area is 105 Å². The van der Waals surface area contributed by atoms with E-state index in [1.54, 1.807) is 0 Å². The van der Waals surface area contributed by atoms with Crippen LogP contribution in [0.1, 0.15) is 24.6 Å². The molecule has 0 bridgehead atoms. The number of hydrogen-bond donors (Lipinski definition) is 0. The van der Waals surface area contributed by atoms with Crippen molar-refractivity contribution in [2.45, 2.75) is 18.8 Å². The largest absolute Gasteiger partial charge is 0.264 e. The van der Waals surface area contributed by atoms with Gasteiger partial charge in [-0.15, -0.1) is 10.2 Å². The molecule has 0 aliphatic heterocycles. The maximum absolute atomic E-state index is 13.7. The van der Waals surface area contributed by atoms with Crippen LogP contribution in [0.4, 0.5) is 13.2 Å². The van der Waals surface area contributed by atoms with Crippen LogP contribution in [0.25, 0.3) is 5.69 Å². The predicted molar refractivity (Wildman–Crippen MR) is 58.2 cm³/mol. The molecule has 1 fully saturated rings. The molecule has 0 unspecified atom stereocenters. The lowest BCUT2D eigenvalue weighted by atomic mass is 10.2. The Hall–Kier alpha value is -1.56. The second kappa shape index (κ2) is 3.98. The van der Waals surface area contributed by atoms with E-state index in [1.807, 2.05) is 0 Å². The fourth-order valence-corrected chi connectivity index (χ4v) is 2.05. The Kier molecular flexibility index (Phi) is 2.55. The molecular weight excluding hydrogens is 267 g/mol. The first kappa shape index (κ1) is 11.5. The van der Waals surface area contributed by atoms with Crippen molar-refractivity contribution in [3.63, 3.8) is 0 Å². The molecule has 18 heavy (non-hydrogen) atoms. The smallest absolute Gasteiger partial charge is 0.229 e. The highest BCUT2D eigenvalue weighted by Gasteiger charge is 2.32. The molecule has 1 aliphatic rings. The summed E-state index contributed by atoms with van der Waals surface area (Å²) in [5.74, 6) is -2.53. The van der Waals surface area contributed by atoms with Crippen LogP contribution in [-0.4, -0.2) is 14.8 Å². The molecule has 0 amide bonds. The van der Waals surface area contributed by atoms with Gasteiger partial charge in [0, 0.05) is 18.1 Å². The van der Waals surface area contributed by atoms with Gasteiger partial charge in [-0.3, -0.25) is 4.57 Å². The second-order valence-electron chi connectivity index (χ2n) is 4.15. The van der Waals surface area contributed by atoms with Gasteiger partial charge in [-0.2, -0.15) is 0 Å². The molecular formula is C11H7ClF3N3. The van der Waals surface area contributed by atoms with Crippen LogP contribution in [0.2, 0.25) is 5.28 Å². The Bertz CT molecular complexity index is 599. The van der Waals surface area contributed by atoms with Gasteiger partial charge in [0.2, 0.25) is 5.28 Å². The zero-order valence-corrected chi connectivity index (χ0v) is 9.76. The van der Waals surface area contributed by atoms with Crippen LogP contribution < -0.4 is 0 Å². The number of benzene rings is 1. The average molecular weight is 274 g/mol. The van der Waals surface area contributed by atoms with Crippen molar-refractivity contribution in [1.82, 2.24) is 14.8 Å². The first-order chi connectivity index (χ1) is 8.58. The lowest BCUT2D eigenvalue weighted by Gasteiger charge is -2.09. The summed E-state index contributed by atoms with van der Waals surface area (Å²) in [5, 5.41) is 7.29. The third-order valence-corrected chi connectivity index (χ3v) is 3.04. The van der Waals surface area contributed by atoms with E-state index in [2.05, 4.69) is 10.2 Å². The molecule has 0 spiro atoms. The average Bonchev–Trinajstić information content (AvgIpc) is 3.04. The molecule has 1 saturated carbocycles. The molecule has 0 saturated heterocycles. The molecule has 1 aromatic carbocycles. The van der Waals surface area contributed by atoms with Crippen molar-refractivity contribution < 1.29 is 13.2 Å². The van der Waals surface area contributed by atoms with Crippen LogP contribution in [0.5, 0.6) is 0 Å². The quantitative estimate of drug-likeness (QED) is 0.841. The lowest BCUT2D eigenvalue weighted by Crippen LogP contribution is -2.06. The van der Waals surface area contributed by atoms with Crippen LogP contribution in [0, 0.1) is 17.5 Å². The van der Waals surface area contributed by atoms with Gasteiger partial charge in [0.1, 0.15) is 17.3 Å². The molecule has 0 N–H and O–H groups in total. The highest BCUT2D eigenvalue weighted by atomic mass is 35.5. The molecule has 1 aliphatic carbocycles. The SMILES string of the molecule is Fc1cc(F)c(-n2c(Cl)nnc2C2CC2)c(F)c1. The van der Waals surface area contributed by atoms with E-state index in [9.17, 15) is 13.2 Å². The maximum atomic E-state index is 13.7. The Balaban J connectivity index is 2.23. The third kappa shape index (κ3) is 1.77. The first-order valence-corrected chi connectivity index (χ1v) is 5.71. The molecule has 7 heteroatoms. The third-order valence-electron chi connectivity index (χ3n) is 2.80. The summed E-state index contributed by atoms with van der Waals surface area (Å²) >= 11 is 5.80. The molecule has 3 rings (SSSR count). The lowest BCUT2D eigenvalue weighted by molar-refractivity contribution is 0.532. The van der Waals surface area contributed by atoms with E-state index in [0.717, 1.165) is 17.4 Å². The minimum absolute atomic E-state index is 0.105. The first-order valence-electron chi connectivity index (χ1n) is 5.33. The van der Waals surface area contributed by atoms with Gasteiger partial charge < -0.3 is 0 Å². The summed E-state index contributed by atoms with van der Waals surface area (Å²) in [7, 11) is 0. The van der Waals surface area contributed by atoms with Gasteiger partial charge in [0.05, 0.1) is 0 Å². The summed E-state index contributed by atoms with van der Waals surface area (Å²) in [4.78, 5) is 0. The molecule has 2 aromatic rings. The van der Waals surface area contributed by atoms with Gasteiger partial charge in [-0.1, -0.05) is 0 Å². The van der Waals surface area contributed by atoms with Gasteiger partial charge in [0.25, 0.3) is 0 Å². The van der Waals surface area contributed by atoms with Crippen molar-refractivity contribution in [2.75, 3.05) is 0 Å². The zero-order valence-electron chi connectivity index (χ0n) is 9.00. The van der Waals surface area contributed by atoms with Crippen molar-refractivity contribution in [1.29, 1.82) is 0 Å². The second-order valence-corrected chi connectivity index (χ2v) is 4.49. The Morgan fingerprint density at radius 2 is 1.72 bits per heavy atom. The summed E-state index contributed by atoms with van der Waals surface area (Å²) in [6.45, 7) is 0. The summed E-state index contributed by atoms with van der Waals surface area (Å²) in [6, 6.07) is 1.21. The molecule has 0 radical (unpaired) electrons. The molecule has 94 valence electrons. The van der Waals surface area contributed by atoms with Crippen LogP contribution in [0.15, 0.2) is 12.1 Å². The van der Waals surface area contributed by atoms with Crippen molar-refractivity contribution in [2.24, 2.45) is 0 Å². The number of nitrogens with zero attached hydrogens (tertiary/aromatic N) is 3. The fourth-order valence-electron chi connectivity index (χ4n) is 1.84. The Morgan fingerprint density at radius 1 is 1.11 bits per heavy atom. The molecule has 0 atom stereocenters. The van der Waals surface area contributed by atoms with Crippen LogP contribution in [0.3, 0.4) is 0 Å². The zero-order chi connectivity index (χ0) is 12.9. The van der Waals surface area contributed by atoms with Gasteiger partial charge >= 0.3 is 0 Å². The topological polar surface area (TPSA) is 30.7 Å². The van der Waals surface area contributed by atoms with E-state index < -0.39 is 23.1 Å². The van der Waals surface area contributed by atoms with E-state index in [4.69, 9.17) is 11.6 Å². The van der Waals surface area contributed by atoms with Crippen molar-refractivity contribution in [3.8, 4) is 5.69 Å². The minimum Gasteiger partial charge on any atom is -0.264 e. The normalized spacial score (nSPS) is 15.1. The monoisotopic (exact) mass is 273 g/mol. The fraction of sp³-hybridized carbons (Fsp3) is 0.273. The van der Waals surface area contributed by atoms with E-state index >= 15 is 0 Å². The molecule has 1 aromatic heterocycles. The van der Waals surface area contributed by atoms with Crippen LogP contribution >= 0.6 is 11.6 Å². The summed E-state index contributed by atoms with van der Waals surface area (Å²) in [5.41, 5.74) is -0.437. The van der Waals surface area contributed by atoms with Gasteiger partial charge in [-0.25, -0.2) is 13.2 Å². The highest BCUT2D eigenvalue weighted by Crippen LogP contribution is 2.41. The van der Waals surface area contributed by atoms with Gasteiger partial charge in [0.15, 0.2) is 11.6 Å². The van der Waals surface area contributed by atoms with E-state index in [1.165, 1.54) is 0 Å². The van der Waals surface area contributed by atoms with Gasteiger partial charge in [-0.05, 0) is 24.4 Å². The summed E-state index contributed by atoms with van der Waals surface area (Å²) < 4.78 is 41.4. The molecule has 3 nitrogen and oxygen atoms in total. The predicted octanol–water partition coefficient (Wildman–Crippen LogP) is 3.22. The maximum Gasteiger partial charge on any atom is 0.229 e. The number of rotatable bonds is 2. The van der Waals surface area contributed by atoms with E-state index in [-0.39, 0.29) is 11.2 Å². The van der Waals surface area contributed by atoms with Crippen LogP contribution in [-0.2, 0) is 0 Å². The van der Waals surface area contributed by atoms with Crippen molar-refractivity contribution in [3.05, 3.63) is 40.7 Å². The molecule has 1 heterocycles. The summed E-state index contributed by atoms with van der Waals surface area (Å²) in [6.07, 6.45) is 1.75. The van der Waals surface area contributed by atoms with Crippen molar-refractivity contribution >= 4 is 11.6 Å². The minimum atomic E-state index is -1.03. The number of hydrogen-bond acceptors (Lipinski definition) is 2. The van der Waals surface area contributed by atoms with E-state index in [0.29, 0.717) is 18.0 Å². The number of aromatic nitrogens is 3. The number of halogens is 4. The standard InChI is InChI=1S/C11H7ClF3N3/c12-11-17-16-10(5-1-2-5)18(11)9-7(14)3-6(13)4-8(9)15/h3-5H,1-2H2. The Morgan fingerprint density at radius 3 is 2.28 bits per heavy atom.